The van der Waals surface area contributed by atoms with Crippen LogP contribution in [0.3, 0.4) is 0 Å². The van der Waals surface area contributed by atoms with Crippen LogP contribution in [0.4, 0.5) is 36.5 Å². The summed E-state index contributed by atoms with van der Waals surface area (Å²) in [5.41, 5.74) is 8.29. The molecular formula is C29H32F2N8O3. The molecule has 3 aromatic carbocycles. The Hall–Kier alpha value is -5.82. The molecule has 11 nitrogen and oxygen atoms in total. The highest BCUT2D eigenvalue weighted by atomic mass is 19.1. The molecule has 2 heterocycles. The standard InChI is InChI=1S/C27H20F2N8O2.C2H4.H2O.3H2/c1-14(38)33-16-2-4-17(5-3-16)34-27(39)35-18-6-7-19(22(28)8-18)26-36-24-10-20(15-11-31-13-32-12-15)23(29)9-21(24)25(30)37-26;1-2;;;;/h2-13H,1H3,(H,33,38)(H2,30,36,37)(H2,34,35,39);1-2H2;1H2;3*1H. The molecule has 13 heteroatoms. The number of nitrogens with two attached hydrogens (primary N) is 1. The van der Waals surface area contributed by atoms with E-state index in [4.69, 9.17) is 5.73 Å². The minimum Gasteiger partial charge on any atom is -0.412 e. The molecular weight excluding hydrogens is 546 g/mol. The summed E-state index contributed by atoms with van der Waals surface area (Å²) in [5.74, 6) is -1.49. The second kappa shape index (κ2) is 13.5. The van der Waals surface area contributed by atoms with E-state index in [1.54, 1.807) is 24.3 Å². The number of urea groups is 1. The maximum atomic E-state index is 15.1. The van der Waals surface area contributed by atoms with Gasteiger partial charge in [-0.05, 0) is 54.6 Å². The summed E-state index contributed by atoms with van der Waals surface area (Å²) in [4.78, 5) is 39.9. The predicted octanol–water partition coefficient (Wildman–Crippen LogP) is 5.93. The fraction of sp³-hybridized carbons (Fsp3) is 0.0345. The number of nitrogens with zero attached hydrogens (tertiary/aromatic N) is 4. The summed E-state index contributed by atoms with van der Waals surface area (Å²) < 4.78 is 29.8. The molecule has 3 amide bonds. The van der Waals surface area contributed by atoms with E-state index < -0.39 is 17.7 Å². The van der Waals surface area contributed by atoms with Crippen molar-refractivity contribution in [1.29, 1.82) is 0 Å². The van der Waals surface area contributed by atoms with Gasteiger partial charge in [0.25, 0.3) is 0 Å². The molecule has 0 saturated heterocycles. The minimum absolute atomic E-state index is 0. The quantitative estimate of drug-likeness (QED) is 0.186. The van der Waals surface area contributed by atoms with Crippen LogP contribution >= 0.6 is 0 Å². The van der Waals surface area contributed by atoms with Gasteiger partial charge in [0.2, 0.25) is 5.91 Å². The second-order valence-electron chi connectivity index (χ2n) is 8.44. The maximum absolute atomic E-state index is 15.1. The SMILES string of the molecule is C=C.CC(=O)Nc1ccc(NC(=O)Nc2ccc(-c3nc(N)c4cc(F)c(-c5cncnc5)cc4n3)c(F)c2)cc1.O.[HH].[HH].[HH]. The van der Waals surface area contributed by atoms with Crippen LogP contribution in [0.25, 0.3) is 33.4 Å². The highest BCUT2D eigenvalue weighted by Crippen LogP contribution is 2.31. The smallest absolute Gasteiger partial charge is 0.323 e. The molecule has 0 aliphatic rings. The number of anilines is 4. The number of amides is 3. The molecule has 7 N–H and O–H groups in total. The monoisotopic (exact) mass is 578 g/mol. The van der Waals surface area contributed by atoms with Crippen LogP contribution in [0.1, 0.15) is 11.2 Å². The molecule has 0 bridgehead atoms. The van der Waals surface area contributed by atoms with Gasteiger partial charge < -0.3 is 27.2 Å². The molecule has 0 radical (unpaired) electrons. The molecule has 5 rings (SSSR count). The van der Waals surface area contributed by atoms with Gasteiger partial charge in [-0.2, -0.15) is 0 Å². The largest absolute Gasteiger partial charge is 0.412 e. The van der Waals surface area contributed by atoms with E-state index in [1.165, 1.54) is 49.9 Å². The van der Waals surface area contributed by atoms with E-state index in [0.717, 1.165) is 6.07 Å². The highest BCUT2D eigenvalue weighted by Gasteiger charge is 2.16. The fourth-order valence-corrected chi connectivity index (χ4v) is 3.86. The van der Waals surface area contributed by atoms with Crippen molar-refractivity contribution >= 4 is 45.7 Å². The number of nitrogens with one attached hydrogen (secondary N) is 3. The Balaban J connectivity index is 0.00000316. The van der Waals surface area contributed by atoms with Crippen molar-refractivity contribution in [2.45, 2.75) is 6.92 Å². The Labute approximate surface area is 243 Å². The number of carbonyl (C=O) groups excluding carboxylic acids is 2. The van der Waals surface area contributed by atoms with Gasteiger partial charge in [-0.15, -0.1) is 13.2 Å². The lowest BCUT2D eigenvalue weighted by Gasteiger charge is -2.11. The van der Waals surface area contributed by atoms with E-state index in [-0.39, 0.29) is 49.5 Å². The highest BCUT2D eigenvalue weighted by molar-refractivity contribution is 6.00. The van der Waals surface area contributed by atoms with Crippen LogP contribution in [0.2, 0.25) is 0 Å². The van der Waals surface area contributed by atoms with Crippen LogP contribution in [-0.2, 0) is 4.79 Å². The number of aromatic nitrogens is 4. The Kier molecular flexibility index (Phi) is 9.87. The molecule has 0 atom stereocenters. The van der Waals surface area contributed by atoms with Gasteiger partial charge in [0.05, 0.1) is 11.1 Å². The Morgan fingerprint density at radius 3 is 2.00 bits per heavy atom. The third kappa shape index (κ3) is 7.03. The number of nitrogen functional groups attached to an aromatic ring is 1. The zero-order valence-corrected chi connectivity index (χ0v) is 22.3. The molecule has 42 heavy (non-hydrogen) atoms. The van der Waals surface area contributed by atoms with E-state index in [2.05, 4.69) is 49.0 Å². The van der Waals surface area contributed by atoms with Crippen molar-refractivity contribution in [3.63, 3.8) is 0 Å². The predicted molar refractivity (Wildman–Crippen MR) is 165 cm³/mol. The maximum Gasteiger partial charge on any atom is 0.323 e. The van der Waals surface area contributed by atoms with Crippen molar-refractivity contribution < 1.29 is 28.1 Å². The normalized spacial score (nSPS) is 10.1. The van der Waals surface area contributed by atoms with Gasteiger partial charge >= 0.3 is 6.03 Å². The van der Waals surface area contributed by atoms with Crippen LogP contribution in [0.5, 0.6) is 0 Å². The average Bonchev–Trinajstić information content (AvgIpc) is 2.95. The van der Waals surface area contributed by atoms with Crippen LogP contribution in [0, 0.1) is 11.6 Å². The second-order valence-corrected chi connectivity index (χ2v) is 8.44. The number of fused-ring (bicyclic) bond motifs is 1. The van der Waals surface area contributed by atoms with Gasteiger partial charge in [0.15, 0.2) is 5.82 Å². The summed E-state index contributed by atoms with van der Waals surface area (Å²) in [5, 5.41) is 8.08. The average molecular weight is 579 g/mol. The first-order valence-electron chi connectivity index (χ1n) is 12.0. The topological polar surface area (TPSA) is 179 Å². The minimum atomic E-state index is -0.704. The van der Waals surface area contributed by atoms with Gasteiger partial charge in [-0.25, -0.2) is 33.5 Å². The van der Waals surface area contributed by atoms with E-state index >= 15 is 4.39 Å². The Bertz CT molecular complexity index is 1750. The molecule has 0 aliphatic carbocycles. The Morgan fingerprint density at radius 1 is 0.810 bits per heavy atom. The van der Waals surface area contributed by atoms with Crippen molar-refractivity contribution in [2.24, 2.45) is 0 Å². The number of carbonyl (C=O) groups is 2. The van der Waals surface area contributed by atoms with E-state index in [0.29, 0.717) is 22.5 Å². The molecule has 0 saturated carbocycles. The van der Waals surface area contributed by atoms with Gasteiger partial charge in [-0.1, -0.05) is 0 Å². The van der Waals surface area contributed by atoms with Crippen molar-refractivity contribution in [1.82, 2.24) is 19.9 Å². The molecule has 0 spiro atoms. The zero-order chi connectivity index (χ0) is 29.5. The lowest BCUT2D eigenvalue weighted by atomic mass is 10.1. The van der Waals surface area contributed by atoms with Crippen molar-refractivity contribution in [3.8, 4) is 22.5 Å². The number of benzene rings is 3. The van der Waals surface area contributed by atoms with Crippen LogP contribution in [-0.4, -0.2) is 37.4 Å². The first-order chi connectivity index (χ1) is 19.8. The summed E-state index contributed by atoms with van der Waals surface area (Å²) >= 11 is 0. The van der Waals surface area contributed by atoms with E-state index in [9.17, 15) is 14.0 Å². The molecule has 2 aromatic heterocycles. The summed E-state index contributed by atoms with van der Waals surface area (Å²) in [6.45, 7) is 7.39. The van der Waals surface area contributed by atoms with Gasteiger partial charge in [0.1, 0.15) is 23.8 Å². The van der Waals surface area contributed by atoms with E-state index in [1.807, 2.05) is 0 Å². The fourth-order valence-electron chi connectivity index (χ4n) is 3.86. The lowest BCUT2D eigenvalue weighted by molar-refractivity contribution is -0.114. The molecule has 5 aromatic rings. The number of hydrogen-bond acceptors (Lipinski definition) is 7. The first-order valence-corrected chi connectivity index (χ1v) is 12.0. The zero-order valence-electron chi connectivity index (χ0n) is 22.3. The third-order valence-corrected chi connectivity index (χ3v) is 5.62. The first kappa shape index (κ1) is 30.7. The summed E-state index contributed by atoms with van der Waals surface area (Å²) in [6.07, 6.45) is 4.26. The number of halogens is 2. The Morgan fingerprint density at radius 2 is 1.38 bits per heavy atom. The van der Waals surface area contributed by atoms with Crippen LogP contribution < -0.4 is 21.7 Å². The van der Waals surface area contributed by atoms with Crippen molar-refractivity contribution in [2.75, 3.05) is 21.7 Å². The molecule has 220 valence electrons. The number of rotatable bonds is 5. The van der Waals surface area contributed by atoms with Gasteiger partial charge in [0, 0.05) is 57.2 Å². The molecule has 0 unspecified atom stereocenters. The summed E-state index contributed by atoms with van der Waals surface area (Å²) in [6, 6.07) is 12.6. The third-order valence-electron chi connectivity index (χ3n) is 5.62. The lowest BCUT2D eigenvalue weighted by Crippen LogP contribution is -2.19. The molecule has 0 aliphatic heterocycles. The number of hydrogen-bond donors (Lipinski definition) is 4. The molecule has 0 fully saturated rings. The van der Waals surface area contributed by atoms with Crippen LogP contribution in [0.15, 0.2) is 86.5 Å². The van der Waals surface area contributed by atoms with Gasteiger partial charge in [-0.3, -0.25) is 4.79 Å². The van der Waals surface area contributed by atoms with Crippen molar-refractivity contribution in [3.05, 3.63) is 98.1 Å². The summed E-state index contributed by atoms with van der Waals surface area (Å²) in [7, 11) is 0.